The first-order chi connectivity index (χ1) is 32.7. The number of aliphatic hydroxyl groups is 1. The fraction of sp³-hybridized carbons (Fsp3) is 0.966. The SMILES string of the molecule is C/C=C1/CCCCC1CC(C)[C@@H]1CC[C@H](C(C)CCCC(C)C)C1CC.CC.CC.CCCN(CCCN(CCCN1CCCN2CCCCCC21)CCOC(O)OC)C1CCCCCCN1.[HH]. The molecule has 8 nitrogen and oxygen atoms in total. The number of hydrogen-bond donors (Lipinski definition) is 2. The Bertz CT molecular complexity index is 1170. The van der Waals surface area contributed by atoms with E-state index in [4.69, 9.17) is 9.47 Å². The van der Waals surface area contributed by atoms with E-state index in [0.29, 0.717) is 18.9 Å². The quantitative estimate of drug-likeness (QED) is 0.0693. The normalized spacial score (nSPS) is 27.4. The van der Waals surface area contributed by atoms with Crippen LogP contribution >= 0.6 is 0 Å². The fourth-order valence-electron chi connectivity index (χ4n) is 13.2. The number of aliphatic hydroxyl groups excluding tert-OH is 1. The van der Waals surface area contributed by atoms with Gasteiger partial charge in [-0.1, -0.05) is 145 Å². The van der Waals surface area contributed by atoms with Crippen LogP contribution in [-0.2, 0) is 9.47 Å². The molecule has 400 valence electrons. The summed E-state index contributed by atoms with van der Waals surface area (Å²) in [4.78, 5) is 10.8. The molecule has 0 aromatic heterocycles. The Morgan fingerprint density at radius 3 is 2.13 bits per heavy atom. The Hall–Kier alpha value is -0.580. The van der Waals surface area contributed by atoms with Crippen LogP contribution in [0.3, 0.4) is 0 Å². The van der Waals surface area contributed by atoms with Gasteiger partial charge in [0.1, 0.15) is 0 Å². The molecule has 7 unspecified atom stereocenters. The minimum Gasteiger partial charge on any atom is -0.346 e. The second kappa shape index (κ2) is 39.0. The second-order valence-corrected chi connectivity index (χ2v) is 21.7. The standard InChI is InChI=1S/C29H59N5O3.C26H48.2C2H6.H2/c1-3-17-32(27-14-7-4-5-9-16-30-27)21-11-18-31(25-26-37-29(35)36-2)19-12-22-34-24-13-23-33-20-10-6-8-15-28(33)34;1-7-22-14-9-10-15-23(22)18-21(6)26-17-16-25(24(26)8-2)20(5)13-11-12-19(3)4;2*1-2;/h27-30,35H,3-26H2,1-2H3;7,19-21,23-26H,8-18H2,1-6H3;2*1-2H3;1H/b;22-7-;;;/t;20?,21?,23?,24?,25-,26+;;;/m.1.../s1. The lowest BCUT2D eigenvalue weighted by molar-refractivity contribution is -0.251. The van der Waals surface area contributed by atoms with Gasteiger partial charge in [-0.05, 0) is 171 Å². The Balaban J connectivity index is 0.000000657. The minimum absolute atomic E-state index is 0. The van der Waals surface area contributed by atoms with E-state index < -0.39 is 6.48 Å². The molecule has 0 bridgehead atoms. The molecule has 0 amide bonds. The van der Waals surface area contributed by atoms with Crippen LogP contribution in [0.2, 0.25) is 0 Å². The highest BCUT2D eigenvalue weighted by molar-refractivity contribution is 5.08. The smallest absolute Gasteiger partial charge is 0.268 e. The van der Waals surface area contributed by atoms with Crippen molar-refractivity contribution in [3.63, 3.8) is 0 Å². The van der Waals surface area contributed by atoms with Crippen molar-refractivity contribution in [1.29, 1.82) is 0 Å². The van der Waals surface area contributed by atoms with Crippen molar-refractivity contribution in [2.45, 2.75) is 249 Å². The molecule has 9 atom stereocenters. The summed E-state index contributed by atoms with van der Waals surface area (Å²) in [6.45, 7) is 35.8. The van der Waals surface area contributed by atoms with Gasteiger partial charge in [0.25, 0.3) is 6.48 Å². The van der Waals surface area contributed by atoms with Crippen LogP contribution in [0.4, 0.5) is 0 Å². The number of nitrogens with zero attached hydrogens (tertiary/aromatic N) is 4. The molecule has 0 radical (unpaired) electrons. The lowest BCUT2D eigenvalue weighted by Crippen LogP contribution is -2.53. The van der Waals surface area contributed by atoms with Gasteiger partial charge in [0.05, 0.1) is 18.9 Å². The van der Waals surface area contributed by atoms with E-state index in [-0.39, 0.29) is 1.43 Å². The number of hydrogen-bond acceptors (Lipinski definition) is 8. The van der Waals surface area contributed by atoms with Crippen LogP contribution in [0.15, 0.2) is 11.6 Å². The predicted molar refractivity (Wildman–Crippen MR) is 294 cm³/mol. The van der Waals surface area contributed by atoms with Gasteiger partial charge in [-0.15, -0.1) is 0 Å². The third kappa shape index (κ3) is 24.1. The maximum Gasteiger partial charge on any atom is 0.268 e. The van der Waals surface area contributed by atoms with Gasteiger partial charge in [0.15, 0.2) is 0 Å². The first kappa shape index (κ1) is 62.5. The summed E-state index contributed by atoms with van der Waals surface area (Å²) in [5.74, 6) is 6.64. The lowest BCUT2D eigenvalue weighted by Gasteiger charge is -2.43. The van der Waals surface area contributed by atoms with Crippen molar-refractivity contribution >= 4 is 0 Å². The summed E-state index contributed by atoms with van der Waals surface area (Å²) in [6.07, 6.45) is 36.7. The van der Waals surface area contributed by atoms with E-state index in [9.17, 15) is 5.11 Å². The predicted octanol–water partition coefficient (Wildman–Crippen LogP) is 14.5. The average Bonchev–Trinajstić information content (AvgIpc) is 3.63. The van der Waals surface area contributed by atoms with E-state index in [1.165, 1.54) is 194 Å². The number of rotatable bonds is 25. The zero-order valence-corrected chi connectivity index (χ0v) is 47.2. The zero-order valence-electron chi connectivity index (χ0n) is 47.2. The van der Waals surface area contributed by atoms with E-state index in [0.717, 1.165) is 74.1 Å². The third-order valence-electron chi connectivity index (χ3n) is 16.7. The Kier molecular flexibility index (Phi) is 36.4. The van der Waals surface area contributed by atoms with Crippen molar-refractivity contribution in [2.24, 2.45) is 41.4 Å². The van der Waals surface area contributed by atoms with Crippen LogP contribution < -0.4 is 5.32 Å². The van der Waals surface area contributed by atoms with Crippen molar-refractivity contribution in [2.75, 3.05) is 79.2 Å². The lowest BCUT2D eigenvalue weighted by atomic mass is 9.71. The van der Waals surface area contributed by atoms with Gasteiger partial charge in [-0.25, -0.2) is 0 Å². The number of allylic oxidation sites excluding steroid dienone is 2. The third-order valence-corrected chi connectivity index (χ3v) is 16.7. The molecule has 3 aliphatic heterocycles. The number of methoxy groups -OCH3 is 1. The largest absolute Gasteiger partial charge is 0.346 e. The Morgan fingerprint density at radius 1 is 0.731 bits per heavy atom. The molecule has 3 heterocycles. The summed E-state index contributed by atoms with van der Waals surface area (Å²) in [5.41, 5.74) is 1.78. The van der Waals surface area contributed by atoms with Crippen LogP contribution in [0.1, 0.15) is 232 Å². The van der Waals surface area contributed by atoms with Crippen molar-refractivity contribution in [3.05, 3.63) is 11.6 Å². The molecular weight excluding hydrogens is 827 g/mol. The highest BCUT2D eigenvalue weighted by atomic mass is 16.8. The number of ether oxygens (including phenoxy) is 2. The zero-order chi connectivity index (χ0) is 49.2. The summed E-state index contributed by atoms with van der Waals surface area (Å²) >= 11 is 0. The Labute approximate surface area is 420 Å². The van der Waals surface area contributed by atoms with Gasteiger partial charge in [-0.2, -0.15) is 0 Å². The van der Waals surface area contributed by atoms with E-state index in [1.807, 2.05) is 27.7 Å². The second-order valence-electron chi connectivity index (χ2n) is 21.7. The molecule has 2 aliphatic carbocycles. The summed E-state index contributed by atoms with van der Waals surface area (Å²) in [5, 5.41) is 13.5. The minimum atomic E-state index is -1.12. The summed E-state index contributed by atoms with van der Waals surface area (Å²) < 4.78 is 10.3. The molecule has 67 heavy (non-hydrogen) atoms. The van der Waals surface area contributed by atoms with E-state index >= 15 is 0 Å². The van der Waals surface area contributed by atoms with Crippen LogP contribution in [0, 0.1) is 41.4 Å². The van der Waals surface area contributed by atoms with Crippen LogP contribution in [-0.4, -0.2) is 123 Å². The van der Waals surface area contributed by atoms with Gasteiger partial charge >= 0.3 is 0 Å². The summed E-state index contributed by atoms with van der Waals surface area (Å²) in [7, 11) is 1.48. The molecule has 3 saturated heterocycles. The van der Waals surface area contributed by atoms with Crippen LogP contribution in [0.5, 0.6) is 0 Å². The monoisotopic (exact) mass is 948 g/mol. The topological polar surface area (TPSA) is 63.7 Å². The molecule has 5 rings (SSSR count). The molecule has 5 aliphatic rings. The van der Waals surface area contributed by atoms with Crippen molar-refractivity contribution in [1.82, 2.24) is 24.9 Å². The molecule has 2 saturated carbocycles. The first-order valence-corrected chi connectivity index (χ1v) is 29.8. The molecule has 8 heteroatoms. The average molecular weight is 949 g/mol. The number of nitrogens with one attached hydrogen (secondary N) is 1. The van der Waals surface area contributed by atoms with E-state index in [1.54, 1.807) is 5.57 Å². The van der Waals surface area contributed by atoms with E-state index in [2.05, 4.69) is 79.5 Å². The molecule has 0 aromatic rings. The van der Waals surface area contributed by atoms with Crippen molar-refractivity contribution in [3.8, 4) is 0 Å². The Morgan fingerprint density at radius 2 is 1.42 bits per heavy atom. The van der Waals surface area contributed by atoms with Crippen molar-refractivity contribution < 1.29 is 16.0 Å². The fourth-order valence-corrected chi connectivity index (χ4v) is 13.2. The first-order valence-electron chi connectivity index (χ1n) is 29.8. The van der Waals surface area contributed by atoms with Gasteiger partial charge in [-0.3, -0.25) is 14.7 Å². The molecule has 2 N–H and O–H groups in total. The molecule has 0 spiro atoms. The van der Waals surface area contributed by atoms with Gasteiger partial charge in [0.2, 0.25) is 0 Å². The number of fused-ring (bicyclic) bond motifs is 1. The summed E-state index contributed by atoms with van der Waals surface area (Å²) in [6, 6.07) is 0. The maximum absolute atomic E-state index is 9.66. The highest BCUT2D eigenvalue weighted by Gasteiger charge is 2.40. The highest BCUT2D eigenvalue weighted by Crippen LogP contribution is 2.49. The molecular formula is C59H121N5O3. The van der Waals surface area contributed by atoms with Gasteiger partial charge < -0.3 is 24.8 Å². The maximum atomic E-state index is 9.66. The van der Waals surface area contributed by atoms with Gasteiger partial charge in [0, 0.05) is 41.3 Å². The molecule has 5 fully saturated rings. The molecule has 0 aromatic carbocycles. The van der Waals surface area contributed by atoms with Crippen LogP contribution in [0.25, 0.3) is 0 Å².